The highest BCUT2D eigenvalue weighted by Crippen LogP contribution is 2.18. The third-order valence-electron chi connectivity index (χ3n) is 2.77. The molecule has 0 unspecified atom stereocenters. The highest BCUT2D eigenvalue weighted by atomic mass is 32.2. The van der Waals surface area contributed by atoms with Gasteiger partial charge in [-0.2, -0.15) is 11.8 Å². The van der Waals surface area contributed by atoms with Gasteiger partial charge in [-0.3, -0.25) is 4.79 Å². The van der Waals surface area contributed by atoms with Crippen molar-refractivity contribution >= 4 is 28.7 Å². The van der Waals surface area contributed by atoms with Crippen LogP contribution < -0.4 is 10.1 Å². The van der Waals surface area contributed by atoms with Gasteiger partial charge in [0.25, 0.3) is 0 Å². The van der Waals surface area contributed by atoms with E-state index in [2.05, 4.69) is 22.2 Å². The molecule has 1 heterocycles. The van der Waals surface area contributed by atoms with Crippen molar-refractivity contribution < 1.29 is 9.53 Å². The molecule has 0 atom stereocenters. The third kappa shape index (κ3) is 3.90. The Hall–Kier alpha value is -1.69. The lowest BCUT2D eigenvalue weighted by molar-refractivity contribution is -0.118. The number of rotatable bonds is 7. The Morgan fingerprint density at radius 1 is 1.50 bits per heavy atom. The van der Waals surface area contributed by atoms with Gasteiger partial charge in [0.1, 0.15) is 11.6 Å². The van der Waals surface area contributed by atoms with Crippen molar-refractivity contribution in [1.82, 2.24) is 15.3 Å². The molecule has 0 saturated carbocycles. The SMILES string of the molecule is CCCSCC(=O)NCc1nc2ccc(OC)cc2[nH]1. The van der Waals surface area contributed by atoms with Crippen molar-refractivity contribution in [2.75, 3.05) is 18.6 Å². The number of aromatic nitrogens is 2. The minimum absolute atomic E-state index is 0.0430. The fraction of sp³-hybridized carbons (Fsp3) is 0.429. The summed E-state index contributed by atoms with van der Waals surface area (Å²) in [4.78, 5) is 19.2. The smallest absolute Gasteiger partial charge is 0.230 e. The molecule has 0 aliphatic rings. The number of aromatic amines is 1. The van der Waals surface area contributed by atoms with Gasteiger partial charge in [0.05, 0.1) is 30.4 Å². The summed E-state index contributed by atoms with van der Waals surface area (Å²) in [6.45, 7) is 2.52. The number of amides is 1. The first-order valence-corrected chi connectivity index (χ1v) is 7.75. The Balaban J connectivity index is 1.91. The van der Waals surface area contributed by atoms with Gasteiger partial charge < -0.3 is 15.0 Å². The van der Waals surface area contributed by atoms with Crippen molar-refractivity contribution in [3.8, 4) is 5.75 Å². The quantitative estimate of drug-likeness (QED) is 0.769. The van der Waals surface area contributed by atoms with Crippen LogP contribution in [0.5, 0.6) is 5.75 Å². The predicted octanol–water partition coefficient (Wildman–Crippen LogP) is 2.33. The average molecular weight is 293 g/mol. The van der Waals surface area contributed by atoms with E-state index < -0.39 is 0 Å². The van der Waals surface area contributed by atoms with Gasteiger partial charge in [-0.25, -0.2) is 4.98 Å². The molecule has 1 amide bonds. The number of carbonyl (C=O) groups is 1. The maximum atomic E-state index is 11.6. The van der Waals surface area contributed by atoms with Crippen molar-refractivity contribution in [2.24, 2.45) is 0 Å². The molecule has 0 aliphatic carbocycles. The predicted molar refractivity (Wildman–Crippen MR) is 82.1 cm³/mol. The van der Waals surface area contributed by atoms with Crippen molar-refractivity contribution in [3.05, 3.63) is 24.0 Å². The van der Waals surface area contributed by atoms with Gasteiger partial charge in [-0.1, -0.05) is 6.92 Å². The molecule has 108 valence electrons. The molecule has 0 aliphatic heterocycles. The summed E-state index contributed by atoms with van der Waals surface area (Å²) in [6, 6.07) is 5.66. The third-order valence-corrected chi connectivity index (χ3v) is 3.94. The molecule has 2 N–H and O–H groups in total. The molecule has 0 saturated heterocycles. The van der Waals surface area contributed by atoms with Gasteiger partial charge in [0.2, 0.25) is 5.91 Å². The number of thioether (sulfide) groups is 1. The van der Waals surface area contributed by atoms with E-state index in [1.807, 2.05) is 18.2 Å². The van der Waals surface area contributed by atoms with Crippen LogP contribution in [0.4, 0.5) is 0 Å². The van der Waals surface area contributed by atoms with Crippen LogP contribution in [0, 0.1) is 0 Å². The number of hydrogen-bond acceptors (Lipinski definition) is 4. The number of fused-ring (bicyclic) bond motifs is 1. The second kappa shape index (κ2) is 7.19. The van der Waals surface area contributed by atoms with Crippen LogP contribution in [-0.4, -0.2) is 34.5 Å². The molecule has 0 bridgehead atoms. The molecule has 0 radical (unpaired) electrons. The highest BCUT2D eigenvalue weighted by Gasteiger charge is 2.06. The van der Waals surface area contributed by atoms with Gasteiger partial charge >= 0.3 is 0 Å². The summed E-state index contributed by atoms with van der Waals surface area (Å²) in [7, 11) is 1.63. The topological polar surface area (TPSA) is 67.0 Å². The van der Waals surface area contributed by atoms with Crippen molar-refractivity contribution in [1.29, 1.82) is 0 Å². The van der Waals surface area contributed by atoms with E-state index in [9.17, 15) is 4.79 Å². The van der Waals surface area contributed by atoms with Gasteiger partial charge in [0.15, 0.2) is 0 Å². The molecule has 2 rings (SSSR count). The monoisotopic (exact) mass is 293 g/mol. The Labute approximate surface area is 122 Å². The molecule has 2 aromatic rings. The summed E-state index contributed by atoms with van der Waals surface area (Å²) in [6.07, 6.45) is 1.09. The molecule has 0 fully saturated rings. The molecular weight excluding hydrogens is 274 g/mol. The first kappa shape index (κ1) is 14.7. The first-order valence-electron chi connectivity index (χ1n) is 6.60. The zero-order valence-corrected chi connectivity index (χ0v) is 12.5. The number of imidazole rings is 1. The lowest BCUT2D eigenvalue weighted by Gasteiger charge is -2.02. The second-order valence-corrected chi connectivity index (χ2v) is 5.50. The van der Waals surface area contributed by atoms with Crippen LogP contribution in [-0.2, 0) is 11.3 Å². The summed E-state index contributed by atoms with van der Waals surface area (Å²) in [5, 5.41) is 2.86. The highest BCUT2D eigenvalue weighted by molar-refractivity contribution is 7.99. The fourth-order valence-electron chi connectivity index (χ4n) is 1.79. The minimum Gasteiger partial charge on any atom is -0.497 e. The van der Waals surface area contributed by atoms with Crippen LogP contribution in [0.1, 0.15) is 19.2 Å². The lowest BCUT2D eigenvalue weighted by atomic mass is 10.3. The normalized spacial score (nSPS) is 10.7. The molecule has 0 spiro atoms. The zero-order valence-electron chi connectivity index (χ0n) is 11.7. The van der Waals surface area contributed by atoms with Crippen LogP contribution in [0.15, 0.2) is 18.2 Å². The molecule has 5 nitrogen and oxygen atoms in total. The van der Waals surface area contributed by atoms with E-state index >= 15 is 0 Å². The number of hydrogen-bond donors (Lipinski definition) is 2. The van der Waals surface area contributed by atoms with Crippen LogP contribution in [0.25, 0.3) is 11.0 Å². The number of nitrogens with one attached hydrogen (secondary N) is 2. The largest absolute Gasteiger partial charge is 0.497 e. The first-order chi connectivity index (χ1) is 9.72. The molecular formula is C14H19N3O2S. The second-order valence-electron chi connectivity index (χ2n) is 4.40. The van der Waals surface area contributed by atoms with Gasteiger partial charge in [-0.05, 0) is 24.3 Å². The number of nitrogens with zero attached hydrogens (tertiary/aromatic N) is 1. The van der Waals surface area contributed by atoms with Gasteiger partial charge in [0, 0.05) is 6.07 Å². The van der Waals surface area contributed by atoms with E-state index in [1.54, 1.807) is 18.9 Å². The minimum atomic E-state index is 0.0430. The Morgan fingerprint density at radius 2 is 2.35 bits per heavy atom. The summed E-state index contributed by atoms with van der Waals surface area (Å²) in [5.74, 6) is 3.09. The van der Waals surface area contributed by atoms with Gasteiger partial charge in [-0.15, -0.1) is 0 Å². The lowest BCUT2D eigenvalue weighted by Crippen LogP contribution is -2.25. The fourth-order valence-corrected chi connectivity index (χ4v) is 2.52. The number of carbonyl (C=O) groups excluding carboxylic acids is 1. The zero-order chi connectivity index (χ0) is 14.4. The Kier molecular flexibility index (Phi) is 5.29. The molecule has 6 heteroatoms. The Bertz CT molecular complexity index is 583. The number of benzene rings is 1. The Morgan fingerprint density at radius 3 is 3.10 bits per heavy atom. The average Bonchev–Trinajstić information content (AvgIpc) is 2.87. The molecule has 1 aromatic heterocycles. The maximum Gasteiger partial charge on any atom is 0.230 e. The van der Waals surface area contributed by atoms with E-state index in [0.29, 0.717) is 12.3 Å². The van der Waals surface area contributed by atoms with E-state index in [1.165, 1.54) is 0 Å². The van der Waals surface area contributed by atoms with E-state index in [4.69, 9.17) is 4.74 Å². The van der Waals surface area contributed by atoms with E-state index in [0.717, 1.165) is 34.8 Å². The molecule has 1 aromatic carbocycles. The van der Waals surface area contributed by atoms with Crippen LogP contribution in [0.2, 0.25) is 0 Å². The number of methoxy groups -OCH3 is 1. The summed E-state index contributed by atoms with van der Waals surface area (Å²) < 4.78 is 5.16. The maximum absolute atomic E-state index is 11.6. The molecule has 20 heavy (non-hydrogen) atoms. The van der Waals surface area contributed by atoms with Crippen molar-refractivity contribution in [2.45, 2.75) is 19.9 Å². The van der Waals surface area contributed by atoms with E-state index in [-0.39, 0.29) is 5.91 Å². The number of ether oxygens (including phenoxy) is 1. The number of H-pyrrole nitrogens is 1. The standard InChI is InChI=1S/C14H19N3O2S/c1-3-6-20-9-14(18)15-8-13-16-11-5-4-10(19-2)7-12(11)17-13/h4-5,7H,3,6,8-9H2,1-2H3,(H,15,18)(H,16,17). The van der Waals surface area contributed by atoms with Crippen molar-refractivity contribution in [3.63, 3.8) is 0 Å². The summed E-state index contributed by atoms with van der Waals surface area (Å²) >= 11 is 1.65. The summed E-state index contributed by atoms with van der Waals surface area (Å²) in [5.41, 5.74) is 1.78. The van der Waals surface area contributed by atoms with Crippen LogP contribution >= 0.6 is 11.8 Å². The van der Waals surface area contributed by atoms with Crippen LogP contribution in [0.3, 0.4) is 0 Å².